The van der Waals surface area contributed by atoms with Crippen LogP contribution in [0.25, 0.3) is 28.0 Å². The van der Waals surface area contributed by atoms with E-state index in [-0.39, 0.29) is 0 Å². The van der Waals surface area contributed by atoms with Gasteiger partial charge in [0, 0.05) is 37.4 Å². The summed E-state index contributed by atoms with van der Waals surface area (Å²) in [7, 11) is 0. The van der Waals surface area contributed by atoms with E-state index < -0.39 is 5.63 Å². The third kappa shape index (κ3) is 3.03. The lowest BCUT2D eigenvalue weighted by atomic mass is 10.2. The van der Waals surface area contributed by atoms with Crippen LogP contribution in [0.5, 0.6) is 0 Å². The molecule has 0 unspecified atom stereocenters. The number of imidazole rings is 1. The molecule has 0 saturated carbocycles. The molecule has 5 rings (SSSR count). The number of nitrogens with zero attached hydrogens (tertiary/aromatic N) is 4. The molecule has 0 aromatic carbocycles. The van der Waals surface area contributed by atoms with Gasteiger partial charge in [-0.2, -0.15) is 4.98 Å². The van der Waals surface area contributed by atoms with Crippen LogP contribution in [0.4, 0.5) is 5.82 Å². The molecule has 4 aromatic rings. The van der Waals surface area contributed by atoms with Crippen LogP contribution in [0.2, 0.25) is 0 Å². The first-order chi connectivity index (χ1) is 13.7. The van der Waals surface area contributed by atoms with Gasteiger partial charge in [0.1, 0.15) is 11.5 Å². The number of pyridine rings is 2. The molecule has 1 saturated heterocycles. The second kappa shape index (κ2) is 6.76. The molecule has 1 aliphatic heterocycles. The van der Waals surface area contributed by atoms with Crippen molar-refractivity contribution in [3.63, 3.8) is 0 Å². The highest BCUT2D eigenvalue weighted by Crippen LogP contribution is 2.23. The number of hydrogen-bond acceptors (Lipinski definition) is 6. The van der Waals surface area contributed by atoms with Crippen LogP contribution in [0.15, 0.2) is 51.9 Å². The zero-order valence-electron chi connectivity index (χ0n) is 15.7. The minimum Gasteiger partial charge on any atom is -0.403 e. The van der Waals surface area contributed by atoms with Crippen molar-refractivity contribution < 1.29 is 4.42 Å². The topological polar surface area (TPSA) is 75.7 Å². The monoisotopic (exact) mass is 375 g/mol. The van der Waals surface area contributed by atoms with Gasteiger partial charge in [-0.15, -0.1) is 0 Å². The van der Waals surface area contributed by atoms with E-state index in [1.807, 2.05) is 54.0 Å². The number of nitrogens with one attached hydrogen (secondary N) is 1. The van der Waals surface area contributed by atoms with Gasteiger partial charge in [0.15, 0.2) is 0 Å². The number of aromatic nitrogens is 3. The molecule has 0 spiro atoms. The molecule has 0 radical (unpaired) electrons. The van der Waals surface area contributed by atoms with E-state index in [4.69, 9.17) is 4.42 Å². The highest BCUT2D eigenvalue weighted by Gasteiger charge is 2.15. The minimum absolute atomic E-state index is 0.364. The average Bonchev–Trinajstić information content (AvgIpc) is 2.91. The highest BCUT2D eigenvalue weighted by atomic mass is 16.4. The Hall–Kier alpha value is -3.19. The normalized spacial score (nSPS) is 15.2. The first-order valence-electron chi connectivity index (χ1n) is 9.54. The Kier molecular flexibility index (Phi) is 4.09. The molecule has 4 aromatic heterocycles. The Morgan fingerprint density at radius 2 is 2.00 bits per heavy atom. The fraction of sp³-hybridized carbons (Fsp3) is 0.286. The van der Waals surface area contributed by atoms with Gasteiger partial charge in [0.05, 0.1) is 11.3 Å². The number of rotatable bonds is 2. The van der Waals surface area contributed by atoms with Crippen LogP contribution >= 0.6 is 0 Å². The Balaban J connectivity index is 1.56. The molecule has 1 fully saturated rings. The summed E-state index contributed by atoms with van der Waals surface area (Å²) in [6, 6.07) is 9.70. The van der Waals surface area contributed by atoms with Crippen LogP contribution in [0.1, 0.15) is 12.0 Å². The quantitative estimate of drug-likeness (QED) is 0.580. The maximum atomic E-state index is 12.6. The molecule has 1 N–H and O–H groups in total. The van der Waals surface area contributed by atoms with Gasteiger partial charge in [-0.05, 0) is 49.7 Å². The highest BCUT2D eigenvalue weighted by molar-refractivity contribution is 5.80. The van der Waals surface area contributed by atoms with Crippen molar-refractivity contribution in [2.24, 2.45) is 0 Å². The second-order valence-electron chi connectivity index (χ2n) is 7.20. The fourth-order valence-corrected chi connectivity index (χ4v) is 3.65. The van der Waals surface area contributed by atoms with Gasteiger partial charge < -0.3 is 19.0 Å². The molecule has 7 nitrogen and oxygen atoms in total. The zero-order valence-corrected chi connectivity index (χ0v) is 15.7. The van der Waals surface area contributed by atoms with E-state index in [1.54, 1.807) is 0 Å². The van der Waals surface area contributed by atoms with Gasteiger partial charge in [-0.1, -0.05) is 6.07 Å². The molecule has 0 atom stereocenters. The van der Waals surface area contributed by atoms with E-state index in [0.29, 0.717) is 17.0 Å². The van der Waals surface area contributed by atoms with E-state index in [9.17, 15) is 4.79 Å². The summed E-state index contributed by atoms with van der Waals surface area (Å²) in [6.07, 6.45) is 4.90. The Morgan fingerprint density at radius 3 is 2.93 bits per heavy atom. The van der Waals surface area contributed by atoms with Crippen molar-refractivity contribution in [2.45, 2.75) is 13.3 Å². The molecule has 1 aliphatic rings. The summed E-state index contributed by atoms with van der Waals surface area (Å²) in [6.45, 7) is 5.79. The molecule has 0 amide bonds. The Labute approximate surface area is 161 Å². The number of aryl methyl sites for hydroxylation is 1. The predicted molar refractivity (Wildman–Crippen MR) is 109 cm³/mol. The molecule has 0 aliphatic carbocycles. The third-order valence-electron chi connectivity index (χ3n) is 5.12. The first-order valence-corrected chi connectivity index (χ1v) is 9.54. The van der Waals surface area contributed by atoms with E-state index in [1.165, 1.54) is 0 Å². The summed E-state index contributed by atoms with van der Waals surface area (Å²) in [4.78, 5) is 24.0. The van der Waals surface area contributed by atoms with Crippen LogP contribution in [0, 0.1) is 6.92 Å². The molecular weight excluding hydrogens is 354 g/mol. The van der Waals surface area contributed by atoms with Crippen LogP contribution in [0.3, 0.4) is 0 Å². The van der Waals surface area contributed by atoms with Gasteiger partial charge in [-0.3, -0.25) is 0 Å². The maximum absolute atomic E-state index is 12.6. The molecule has 28 heavy (non-hydrogen) atoms. The maximum Gasteiger partial charge on any atom is 0.347 e. The van der Waals surface area contributed by atoms with Crippen molar-refractivity contribution in [1.82, 2.24) is 19.7 Å². The molecule has 5 heterocycles. The predicted octanol–water partition coefficient (Wildman–Crippen LogP) is 2.61. The van der Waals surface area contributed by atoms with Crippen LogP contribution < -0.4 is 15.8 Å². The van der Waals surface area contributed by atoms with Crippen molar-refractivity contribution in [3.05, 3.63) is 58.7 Å². The average molecular weight is 375 g/mol. The van der Waals surface area contributed by atoms with Gasteiger partial charge in [0.25, 0.3) is 0 Å². The lowest BCUT2D eigenvalue weighted by Gasteiger charge is -2.20. The standard InChI is InChI=1S/C21H21N5O2/c1-14-3-5-18-23-17(13-26(18)12-14)16-11-15-4-6-19(24-20(15)28-21(16)27)25-9-2-7-22-8-10-25/h3-6,11-13,22H,2,7-10H2,1H3. The van der Waals surface area contributed by atoms with E-state index >= 15 is 0 Å². The fourth-order valence-electron chi connectivity index (χ4n) is 3.65. The number of fused-ring (bicyclic) bond motifs is 2. The van der Waals surface area contributed by atoms with Crippen LogP contribution in [-0.4, -0.2) is 40.5 Å². The minimum atomic E-state index is -0.421. The SMILES string of the molecule is Cc1ccc2nc(-c3cc4ccc(N5CCCNCC5)nc4oc3=O)cn2c1. The zero-order chi connectivity index (χ0) is 19.1. The molecule has 142 valence electrons. The van der Waals surface area contributed by atoms with E-state index in [0.717, 1.165) is 55.0 Å². The van der Waals surface area contributed by atoms with Crippen LogP contribution in [-0.2, 0) is 0 Å². The Bertz CT molecular complexity index is 1220. The molecule has 7 heteroatoms. The number of hydrogen-bond donors (Lipinski definition) is 1. The molecular formula is C21H21N5O2. The summed E-state index contributed by atoms with van der Waals surface area (Å²) in [5.41, 5.74) is 2.91. The third-order valence-corrected chi connectivity index (χ3v) is 5.12. The second-order valence-corrected chi connectivity index (χ2v) is 7.20. The summed E-state index contributed by atoms with van der Waals surface area (Å²) in [5.74, 6) is 0.843. The smallest absolute Gasteiger partial charge is 0.347 e. The van der Waals surface area contributed by atoms with Gasteiger partial charge >= 0.3 is 5.63 Å². The van der Waals surface area contributed by atoms with E-state index in [2.05, 4.69) is 20.2 Å². The van der Waals surface area contributed by atoms with Crippen molar-refractivity contribution >= 4 is 22.6 Å². The van der Waals surface area contributed by atoms with Crippen molar-refractivity contribution in [3.8, 4) is 11.3 Å². The summed E-state index contributed by atoms with van der Waals surface area (Å²) in [5, 5.41) is 4.17. The lowest BCUT2D eigenvalue weighted by molar-refractivity contribution is 0.551. The summed E-state index contributed by atoms with van der Waals surface area (Å²) < 4.78 is 7.49. The van der Waals surface area contributed by atoms with Crippen molar-refractivity contribution in [2.75, 3.05) is 31.1 Å². The largest absolute Gasteiger partial charge is 0.403 e. The Morgan fingerprint density at radius 1 is 1.07 bits per heavy atom. The number of anilines is 1. The van der Waals surface area contributed by atoms with Gasteiger partial charge in [-0.25, -0.2) is 9.78 Å². The first kappa shape index (κ1) is 16.9. The lowest BCUT2D eigenvalue weighted by Crippen LogP contribution is -2.28. The van der Waals surface area contributed by atoms with Gasteiger partial charge in [0.2, 0.25) is 5.71 Å². The molecule has 0 bridgehead atoms. The van der Waals surface area contributed by atoms with Crippen molar-refractivity contribution in [1.29, 1.82) is 0 Å². The summed E-state index contributed by atoms with van der Waals surface area (Å²) >= 11 is 0.